The minimum atomic E-state index is -0.737. The predicted molar refractivity (Wildman–Crippen MR) is 79.3 cm³/mol. The van der Waals surface area contributed by atoms with E-state index in [1.54, 1.807) is 7.11 Å². The number of carbonyl (C=O) groups is 1. The first-order chi connectivity index (χ1) is 9.28. The van der Waals surface area contributed by atoms with Crippen LogP contribution in [0.2, 0.25) is 0 Å². The molecule has 1 fully saturated rings. The first-order valence-corrected chi connectivity index (χ1v) is 7.19. The van der Waals surface area contributed by atoms with Gasteiger partial charge in [-0.05, 0) is 36.3 Å². The Balaban J connectivity index is 2.44. The zero-order valence-corrected chi connectivity index (χ0v) is 12.8. The molecule has 0 radical (unpaired) electrons. The van der Waals surface area contributed by atoms with Crippen LogP contribution in [0.3, 0.4) is 0 Å². The van der Waals surface area contributed by atoms with Gasteiger partial charge in [-0.25, -0.2) is 0 Å². The number of rotatable bonds is 4. The Morgan fingerprint density at radius 2 is 2.00 bits per heavy atom. The lowest BCUT2D eigenvalue weighted by molar-refractivity contribution is -0.147. The highest BCUT2D eigenvalue weighted by Crippen LogP contribution is 2.47. The summed E-state index contributed by atoms with van der Waals surface area (Å²) in [6.45, 7) is 6.56. The monoisotopic (exact) mass is 276 g/mol. The molecule has 0 saturated heterocycles. The zero-order chi connectivity index (χ0) is 15.0. The van der Waals surface area contributed by atoms with Gasteiger partial charge >= 0.3 is 5.97 Å². The maximum Gasteiger partial charge on any atom is 0.314 e. The van der Waals surface area contributed by atoms with Crippen LogP contribution < -0.4 is 4.74 Å². The third kappa shape index (κ3) is 2.67. The van der Waals surface area contributed by atoms with Crippen molar-refractivity contribution in [1.82, 2.24) is 0 Å². The molecule has 20 heavy (non-hydrogen) atoms. The molecule has 2 rings (SSSR count). The number of hydrogen-bond donors (Lipinski definition) is 1. The van der Waals surface area contributed by atoms with Crippen molar-refractivity contribution in [3.8, 4) is 5.75 Å². The van der Waals surface area contributed by atoms with Crippen molar-refractivity contribution in [3.05, 3.63) is 29.3 Å². The van der Waals surface area contributed by atoms with Gasteiger partial charge in [-0.1, -0.05) is 39.3 Å². The molecule has 110 valence electrons. The predicted octanol–water partition coefficient (Wildman–Crippen LogP) is 3.79. The van der Waals surface area contributed by atoms with Crippen molar-refractivity contribution in [2.45, 2.75) is 51.9 Å². The first-order valence-electron chi connectivity index (χ1n) is 7.19. The van der Waals surface area contributed by atoms with Crippen LogP contribution in [0.15, 0.2) is 18.2 Å². The number of carboxylic acid groups (broad SMARTS) is 1. The minimum Gasteiger partial charge on any atom is -0.496 e. The number of aliphatic carboxylic acids is 1. The number of hydrogen-bond acceptors (Lipinski definition) is 2. The van der Waals surface area contributed by atoms with E-state index in [1.807, 2.05) is 18.2 Å². The summed E-state index contributed by atoms with van der Waals surface area (Å²) >= 11 is 0. The molecule has 1 aromatic carbocycles. The Hall–Kier alpha value is -1.51. The summed E-state index contributed by atoms with van der Waals surface area (Å²) in [5.74, 6) is -0.0280. The van der Waals surface area contributed by atoms with Crippen LogP contribution in [0.25, 0.3) is 0 Å². The molecular formula is C17H24O3. The SMILES string of the molecule is COc1ccc(CC(C)(C)C)cc1C1(C(=O)O)CCC1. The van der Waals surface area contributed by atoms with Crippen molar-refractivity contribution in [2.75, 3.05) is 7.11 Å². The quantitative estimate of drug-likeness (QED) is 0.910. The Morgan fingerprint density at radius 1 is 1.35 bits per heavy atom. The smallest absolute Gasteiger partial charge is 0.314 e. The van der Waals surface area contributed by atoms with Gasteiger partial charge in [-0.15, -0.1) is 0 Å². The summed E-state index contributed by atoms with van der Waals surface area (Å²) in [7, 11) is 1.61. The summed E-state index contributed by atoms with van der Waals surface area (Å²) in [6, 6.07) is 6.00. The molecule has 0 amide bonds. The van der Waals surface area contributed by atoms with E-state index >= 15 is 0 Å². The van der Waals surface area contributed by atoms with Crippen molar-refractivity contribution < 1.29 is 14.6 Å². The van der Waals surface area contributed by atoms with Crippen LogP contribution in [0.1, 0.15) is 51.2 Å². The van der Waals surface area contributed by atoms with Crippen LogP contribution in [0, 0.1) is 5.41 Å². The third-order valence-electron chi connectivity index (χ3n) is 4.13. The van der Waals surface area contributed by atoms with Crippen molar-refractivity contribution in [1.29, 1.82) is 0 Å². The van der Waals surface area contributed by atoms with Gasteiger partial charge in [-0.2, -0.15) is 0 Å². The van der Waals surface area contributed by atoms with E-state index in [9.17, 15) is 9.90 Å². The number of benzene rings is 1. The largest absolute Gasteiger partial charge is 0.496 e. The van der Waals surface area contributed by atoms with Crippen LogP contribution in [0.5, 0.6) is 5.75 Å². The highest BCUT2D eigenvalue weighted by Gasteiger charge is 2.47. The fraction of sp³-hybridized carbons (Fsp3) is 0.588. The van der Waals surface area contributed by atoms with Gasteiger partial charge in [-0.3, -0.25) is 4.79 Å². The second-order valence-corrected chi connectivity index (χ2v) is 7.01. The molecule has 0 unspecified atom stereocenters. The maximum atomic E-state index is 11.7. The normalized spacial score (nSPS) is 17.4. The van der Waals surface area contributed by atoms with Gasteiger partial charge in [0.15, 0.2) is 0 Å². The highest BCUT2D eigenvalue weighted by molar-refractivity contribution is 5.83. The first kappa shape index (κ1) is 14.9. The van der Waals surface area contributed by atoms with E-state index in [-0.39, 0.29) is 5.41 Å². The summed E-state index contributed by atoms with van der Waals surface area (Å²) in [5, 5.41) is 9.63. The Morgan fingerprint density at radius 3 is 2.40 bits per heavy atom. The van der Waals surface area contributed by atoms with E-state index in [4.69, 9.17) is 4.74 Å². The molecule has 0 aliphatic heterocycles. The topological polar surface area (TPSA) is 46.5 Å². The number of carboxylic acids is 1. The summed E-state index contributed by atoms with van der Waals surface area (Å²) in [5.41, 5.74) is 1.47. The molecule has 0 spiro atoms. The molecule has 0 heterocycles. The number of methoxy groups -OCH3 is 1. The van der Waals surface area contributed by atoms with Crippen LogP contribution in [0.4, 0.5) is 0 Å². The lowest BCUT2D eigenvalue weighted by atomic mass is 9.64. The Labute approximate surface area is 121 Å². The third-order valence-corrected chi connectivity index (χ3v) is 4.13. The molecule has 1 saturated carbocycles. The van der Waals surface area contributed by atoms with Gasteiger partial charge in [0, 0.05) is 5.56 Å². The Bertz CT molecular complexity index is 507. The average molecular weight is 276 g/mol. The maximum absolute atomic E-state index is 11.7. The molecule has 1 aliphatic rings. The Kier molecular flexibility index (Phi) is 3.81. The van der Waals surface area contributed by atoms with E-state index in [0.717, 1.165) is 18.4 Å². The lowest BCUT2D eigenvalue weighted by Gasteiger charge is -2.39. The average Bonchev–Trinajstić information content (AvgIpc) is 2.25. The summed E-state index contributed by atoms with van der Waals surface area (Å²) in [6.07, 6.45) is 3.31. The second-order valence-electron chi connectivity index (χ2n) is 7.01. The lowest BCUT2D eigenvalue weighted by Crippen LogP contribution is -2.42. The van der Waals surface area contributed by atoms with Gasteiger partial charge in [0.2, 0.25) is 0 Å². The van der Waals surface area contributed by atoms with Gasteiger partial charge in [0.1, 0.15) is 5.75 Å². The zero-order valence-electron chi connectivity index (χ0n) is 12.8. The van der Waals surface area contributed by atoms with Crippen molar-refractivity contribution in [2.24, 2.45) is 5.41 Å². The highest BCUT2D eigenvalue weighted by atomic mass is 16.5. The van der Waals surface area contributed by atoms with Gasteiger partial charge in [0.05, 0.1) is 12.5 Å². The molecule has 1 N–H and O–H groups in total. The van der Waals surface area contributed by atoms with E-state index in [1.165, 1.54) is 5.56 Å². The molecule has 0 bridgehead atoms. The summed E-state index contributed by atoms with van der Waals surface area (Å²) < 4.78 is 5.40. The van der Waals surface area contributed by atoms with Crippen molar-refractivity contribution >= 4 is 5.97 Å². The van der Waals surface area contributed by atoms with E-state index in [0.29, 0.717) is 18.6 Å². The molecule has 3 heteroatoms. The molecule has 0 aromatic heterocycles. The second kappa shape index (κ2) is 5.12. The molecule has 1 aromatic rings. The van der Waals surface area contributed by atoms with E-state index < -0.39 is 11.4 Å². The van der Waals surface area contributed by atoms with Crippen LogP contribution >= 0.6 is 0 Å². The minimum absolute atomic E-state index is 0.182. The molecular weight excluding hydrogens is 252 g/mol. The van der Waals surface area contributed by atoms with E-state index in [2.05, 4.69) is 20.8 Å². The van der Waals surface area contributed by atoms with Gasteiger partial charge in [0.25, 0.3) is 0 Å². The van der Waals surface area contributed by atoms with Crippen LogP contribution in [-0.4, -0.2) is 18.2 Å². The number of ether oxygens (including phenoxy) is 1. The fourth-order valence-corrected chi connectivity index (χ4v) is 2.98. The molecule has 1 aliphatic carbocycles. The standard InChI is InChI=1S/C17H24O3/c1-16(2,3)11-12-6-7-14(20-4)13(10-12)17(15(18)19)8-5-9-17/h6-7,10H,5,8-9,11H2,1-4H3,(H,18,19). The molecule has 0 atom stereocenters. The fourth-order valence-electron chi connectivity index (χ4n) is 2.98. The molecule has 3 nitrogen and oxygen atoms in total. The van der Waals surface area contributed by atoms with Gasteiger partial charge < -0.3 is 9.84 Å². The van der Waals surface area contributed by atoms with Crippen LogP contribution in [-0.2, 0) is 16.6 Å². The van der Waals surface area contributed by atoms with Crippen molar-refractivity contribution in [3.63, 3.8) is 0 Å². The summed E-state index contributed by atoms with van der Waals surface area (Å²) in [4.78, 5) is 11.7.